The first-order chi connectivity index (χ1) is 18.7. The molecule has 0 saturated carbocycles. The zero-order valence-corrected chi connectivity index (χ0v) is 21.1. The average Bonchev–Trinajstić information content (AvgIpc) is 3.15. The molecule has 4 aromatic carbocycles. The summed E-state index contributed by atoms with van der Waals surface area (Å²) >= 11 is 0. The van der Waals surface area contributed by atoms with E-state index in [-0.39, 0.29) is 23.3 Å². The van der Waals surface area contributed by atoms with E-state index in [0.717, 1.165) is 16.7 Å². The van der Waals surface area contributed by atoms with Crippen LogP contribution in [0.25, 0.3) is 43.6 Å². The summed E-state index contributed by atoms with van der Waals surface area (Å²) < 4.78 is 0. The van der Waals surface area contributed by atoms with Gasteiger partial charge < -0.3 is 15.7 Å². The van der Waals surface area contributed by atoms with Crippen LogP contribution in [0.2, 0.25) is 0 Å². The van der Waals surface area contributed by atoms with E-state index in [1.165, 1.54) is 11.0 Å². The number of benzene rings is 4. The fraction of sp³-hybridized carbons (Fsp3) is 0.0968. The van der Waals surface area contributed by atoms with E-state index in [1.807, 2.05) is 38.1 Å². The Morgan fingerprint density at radius 3 is 2.10 bits per heavy atom. The van der Waals surface area contributed by atoms with E-state index >= 15 is 0 Å². The number of H-pyrrole nitrogens is 2. The van der Waals surface area contributed by atoms with Crippen LogP contribution in [-0.2, 0) is 6.54 Å². The summed E-state index contributed by atoms with van der Waals surface area (Å²) in [7, 11) is 0. The molecular weight excluding hydrogens is 492 g/mol. The van der Waals surface area contributed by atoms with E-state index in [9.17, 15) is 19.2 Å². The molecule has 0 radical (unpaired) electrons. The highest BCUT2D eigenvalue weighted by Gasteiger charge is 2.36. The summed E-state index contributed by atoms with van der Waals surface area (Å²) in [5.74, 6) is -0.776. The Hall–Kier alpha value is -5.24. The van der Waals surface area contributed by atoms with Gasteiger partial charge in [0.05, 0.1) is 34.2 Å². The minimum Gasteiger partial charge on any atom is -0.399 e. The standard InChI is InChI=1S/C31H22N4O4/c1-14-15(2)27-26(9-16(14)13-35-30(38)18-8-7-17(32)10-20(18)31(35)39)34-25-11-21-24(12-22(25)29(27)37)33-23-6-4-3-5-19(23)28(21)36/h3-12H,13,32H2,1-2H3,(H,33,36)(H,34,37). The molecule has 0 atom stereocenters. The van der Waals surface area contributed by atoms with Crippen molar-refractivity contribution in [3.8, 4) is 0 Å². The van der Waals surface area contributed by atoms with Gasteiger partial charge in [-0.1, -0.05) is 12.1 Å². The number of rotatable bonds is 2. The Morgan fingerprint density at radius 2 is 1.33 bits per heavy atom. The van der Waals surface area contributed by atoms with E-state index < -0.39 is 5.91 Å². The lowest BCUT2D eigenvalue weighted by atomic mass is 9.96. The maximum atomic E-state index is 13.8. The normalized spacial score (nSPS) is 13.3. The minimum absolute atomic E-state index is 0.0539. The van der Waals surface area contributed by atoms with Crippen molar-refractivity contribution in [1.29, 1.82) is 0 Å². The van der Waals surface area contributed by atoms with Crippen molar-refractivity contribution < 1.29 is 9.59 Å². The largest absolute Gasteiger partial charge is 0.399 e. The molecule has 7 rings (SSSR count). The highest BCUT2D eigenvalue weighted by Crippen LogP contribution is 2.30. The number of aryl methyl sites for hydroxylation is 1. The third-order valence-corrected chi connectivity index (χ3v) is 7.91. The maximum absolute atomic E-state index is 13.8. The smallest absolute Gasteiger partial charge is 0.261 e. The molecule has 39 heavy (non-hydrogen) atoms. The third-order valence-electron chi connectivity index (χ3n) is 7.91. The number of aromatic nitrogens is 2. The quantitative estimate of drug-likeness (QED) is 0.176. The molecule has 0 unspecified atom stereocenters. The fourth-order valence-electron chi connectivity index (χ4n) is 5.70. The number of amides is 2. The van der Waals surface area contributed by atoms with E-state index in [0.29, 0.717) is 60.4 Å². The van der Waals surface area contributed by atoms with Gasteiger partial charge in [0.2, 0.25) is 0 Å². The van der Waals surface area contributed by atoms with Gasteiger partial charge in [0.25, 0.3) is 11.8 Å². The zero-order valence-electron chi connectivity index (χ0n) is 21.1. The molecule has 0 aliphatic carbocycles. The van der Waals surface area contributed by atoms with E-state index in [4.69, 9.17) is 5.73 Å². The lowest BCUT2D eigenvalue weighted by Gasteiger charge is -2.18. The molecule has 6 aromatic rings. The van der Waals surface area contributed by atoms with Crippen LogP contribution >= 0.6 is 0 Å². The van der Waals surface area contributed by atoms with Crippen molar-refractivity contribution in [3.63, 3.8) is 0 Å². The number of hydrogen-bond acceptors (Lipinski definition) is 5. The van der Waals surface area contributed by atoms with Crippen molar-refractivity contribution >= 4 is 61.1 Å². The van der Waals surface area contributed by atoms with Gasteiger partial charge in [-0.15, -0.1) is 0 Å². The highest BCUT2D eigenvalue weighted by molar-refractivity contribution is 6.21. The van der Waals surface area contributed by atoms with Gasteiger partial charge in [0.15, 0.2) is 10.9 Å². The van der Waals surface area contributed by atoms with Crippen molar-refractivity contribution in [2.24, 2.45) is 0 Å². The number of hydrogen-bond donors (Lipinski definition) is 3. The predicted octanol–water partition coefficient (Wildman–Crippen LogP) is 4.67. The number of nitrogens with zero attached hydrogens (tertiary/aromatic N) is 1. The van der Waals surface area contributed by atoms with Crippen LogP contribution in [-0.4, -0.2) is 26.7 Å². The molecule has 2 aromatic heterocycles. The van der Waals surface area contributed by atoms with Crippen LogP contribution in [0.4, 0.5) is 5.69 Å². The topological polar surface area (TPSA) is 129 Å². The number of nitrogens with two attached hydrogens (primary N) is 1. The summed E-state index contributed by atoms with van der Waals surface area (Å²) in [4.78, 5) is 60.9. The van der Waals surface area contributed by atoms with Gasteiger partial charge in [-0.05, 0) is 79.1 Å². The van der Waals surface area contributed by atoms with E-state index in [1.54, 1.807) is 30.3 Å². The molecule has 4 N–H and O–H groups in total. The molecule has 0 saturated heterocycles. The van der Waals surface area contributed by atoms with Crippen LogP contribution < -0.4 is 16.6 Å². The fourth-order valence-corrected chi connectivity index (χ4v) is 5.70. The Balaban J connectivity index is 1.41. The first-order valence-corrected chi connectivity index (χ1v) is 12.5. The van der Waals surface area contributed by atoms with Crippen LogP contribution in [0.5, 0.6) is 0 Å². The highest BCUT2D eigenvalue weighted by atomic mass is 16.2. The Labute approximate surface area is 220 Å². The molecule has 8 heteroatoms. The molecular formula is C31H22N4O4. The zero-order chi connectivity index (χ0) is 27.2. The number of nitrogens with one attached hydrogen (secondary N) is 2. The van der Waals surface area contributed by atoms with Crippen LogP contribution in [0.1, 0.15) is 37.4 Å². The molecule has 190 valence electrons. The molecule has 1 aliphatic rings. The SMILES string of the molecule is Cc1c(CN2C(=O)c3ccc(N)cc3C2=O)cc2[nH]c3cc4c(=O)c5ccccc5[nH]c4cc3c(=O)c2c1C. The maximum Gasteiger partial charge on any atom is 0.261 e. The first kappa shape index (κ1) is 22.9. The van der Waals surface area contributed by atoms with Crippen LogP contribution in [0.15, 0.2) is 70.3 Å². The van der Waals surface area contributed by atoms with Gasteiger partial charge in [-0.2, -0.15) is 0 Å². The molecule has 0 bridgehead atoms. The van der Waals surface area contributed by atoms with Gasteiger partial charge in [0.1, 0.15) is 0 Å². The number of aromatic amines is 2. The number of carbonyl (C=O) groups is 2. The Morgan fingerprint density at radius 1 is 0.667 bits per heavy atom. The van der Waals surface area contributed by atoms with Crippen LogP contribution in [0, 0.1) is 13.8 Å². The number of fused-ring (bicyclic) bond motifs is 5. The van der Waals surface area contributed by atoms with Crippen molar-refractivity contribution in [2.75, 3.05) is 5.73 Å². The lowest BCUT2D eigenvalue weighted by Crippen LogP contribution is -2.29. The van der Waals surface area contributed by atoms with E-state index in [2.05, 4.69) is 9.97 Å². The second-order valence-electron chi connectivity index (χ2n) is 10.1. The summed E-state index contributed by atoms with van der Waals surface area (Å²) in [5.41, 5.74) is 11.3. The second kappa shape index (κ2) is 7.88. The predicted molar refractivity (Wildman–Crippen MR) is 152 cm³/mol. The molecule has 1 aliphatic heterocycles. The number of imide groups is 1. The number of anilines is 1. The number of para-hydroxylation sites is 1. The molecule has 0 spiro atoms. The second-order valence-corrected chi connectivity index (χ2v) is 10.1. The molecule has 0 fully saturated rings. The van der Waals surface area contributed by atoms with Crippen molar-refractivity contribution in [3.05, 3.63) is 109 Å². The van der Waals surface area contributed by atoms with Crippen molar-refractivity contribution in [2.45, 2.75) is 20.4 Å². The van der Waals surface area contributed by atoms with Gasteiger partial charge in [-0.3, -0.25) is 24.1 Å². The molecule has 8 nitrogen and oxygen atoms in total. The number of carbonyl (C=O) groups excluding carboxylic acids is 2. The molecule has 3 heterocycles. The molecule has 2 amide bonds. The summed E-state index contributed by atoms with van der Waals surface area (Å²) in [6.45, 7) is 3.80. The van der Waals surface area contributed by atoms with Gasteiger partial charge in [-0.25, -0.2) is 0 Å². The summed E-state index contributed by atoms with van der Waals surface area (Å²) in [5, 5.41) is 2.05. The summed E-state index contributed by atoms with van der Waals surface area (Å²) in [6, 6.07) is 17.2. The first-order valence-electron chi connectivity index (χ1n) is 12.5. The number of nitrogen functional groups attached to an aromatic ring is 1. The third kappa shape index (κ3) is 3.18. The average molecular weight is 515 g/mol. The van der Waals surface area contributed by atoms with Crippen molar-refractivity contribution in [1.82, 2.24) is 14.9 Å². The lowest BCUT2D eigenvalue weighted by molar-refractivity contribution is 0.0642. The Kier molecular flexibility index (Phi) is 4.63. The summed E-state index contributed by atoms with van der Waals surface area (Å²) in [6.07, 6.45) is 0. The number of pyridine rings is 2. The van der Waals surface area contributed by atoms with Gasteiger partial charge >= 0.3 is 0 Å². The minimum atomic E-state index is -0.399. The Bertz CT molecular complexity index is 2230. The van der Waals surface area contributed by atoms with Crippen LogP contribution in [0.3, 0.4) is 0 Å². The van der Waals surface area contributed by atoms with Gasteiger partial charge in [0, 0.05) is 32.7 Å². The monoisotopic (exact) mass is 514 g/mol.